The van der Waals surface area contributed by atoms with Crippen LogP contribution in [-0.4, -0.2) is 63.6 Å². The summed E-state index contributed by atoms with van der Waals surface area (Å²) in [7, 11) is -3.35. The average Bonchev–Trinajstić information content (AvgIpc) is 3.23. The second-order valence-corrected chi connectivity index (χ2v) is 8.67. The van der Waals surface area contributed by atoms with Crippen molar-refractivity contribution in [1.82, 2.24) is 29.0 Å². The van der Waals surface area contributed by atoms with Crippen LogP contribution in [0, 0.1) is 6.92 Å². The van der Waals surface area contributed by atoms with Gasteiger partial charge in [0.25, 0.3) is 0 Å². The summed E-state index contributed by atoms with van der Waals surface area (Å²) in [6, 6.07) is 9.45. The quantitative estimate of drug-likeness (QED) is 0.632. The first-order chi connectivity index (χ1) is 13.5. The van der Waals surface area contributed by atoms with Crippen molar-refractivity contribution in [1.29, 1.82) is 0 Å². The molecule has 3 aromatic rings. The predicted octanol–water partition coefficient (Wildman–Crippen LogP) is 1.02. The third kappa shape index (κ3) is 4.02. The highest BCUT2D eigenvalue weighted by Crippen LogP contribution is 2.19. The number of anilines is 1. The van der Waals surface area contributed by atoms with E-state index in [1.54, 1.807) is 15.3 Å². The van der Waals surface area contributed by atoms with Gasteiger partial charge in [-0.15, -0.1) is 0 Å². The minimum atomic E-state index is -3.35. The van der Waals surface area contributed by atoms with Crippen molar-refractivity contribution in [2.24, 2.45) is 0 Å². The number of aromatic nitrogens is 5. The van der Waals surface area contributed by atoms with Crippen molar-refractivity contribution in [3.8, 4) is 5.82 Å². The number of hydrogen-bond donors (Lipinski definition) is 0. The van der Waals surface area contributed by atoms with Crippen molar-refractivity contribution in [3.63, 3.8) is 0 Å². The number of hydrogen-bond acceptors (Lipinski definition) is 7. The van der Waals surface area contributed by atoms with Crippen molar-refractivity contribution < 1.29 is 8.42 Å². The summed E-state index contributed by atoms with van der Waals surface area (Å²) in [4.78, 5) is 14.5. The predicted molar refractivity (Wildman–Crippen MR) is 105 cm³/mol. The second-order valence-electron chi connectivity index (χ2n) is 6.71. The topological polar surface area (TPSA) is 97.1 Å². The normalized spacial score (nSPS) is 15.7. The van der Waals surface area contributed by atoms with E-state index in [2.05, 4.69) is 25.0 Å². The summed E-state index contributed by atoms with van der Waals surface area (Å²) >= 11 is 0. The molecule has 0 aliphatic carbocycles. The van der Waals surface area contributed by atoms with E-state index in [-0.39, 0.29) is 5.75 Å². The smallest absolute Gasteiger partial charge is 0.218 e. The fraction of sp³-hybridized carbons (Fsp3) is 0.333. The highest BCUT2D eigenvalue weighted by molar-refractivity contribution is 7.88. The minimum absolute atomic E-state index is 0.0264. The van der Waals surface area contributed by atoms with Gasteiger partial charge in [-0.25, -0.2) is 28.1 Å². The maximum atomic E-state index is 12.8. The number of aryl methyl sites for hydroxylation is 1. The van der Waals surface area contributed by atoms with Crippen LogP contribution in [0.2, 0.25) is 0 Å². The zero-order chi connectivity index (χ0) is 19.6. The maximum absolute atomic E-state index is 12.8. The van der Waals surface area contributed by atoms with Gasteiger partial charge in [0, 0.05) is 32.2 Å². The van der Waals surface area contributed by atoms with Crippen LogP contribution in [0.25, 0.3) is 5.82 Å². The van der Waals surface area contributed by atoms with E-state index in [4.69, 9.17) is 0 Å². The molecule has 0 N–H and O–H groups in total. The molecule has 28 heavy (non-hydrogen) atoms. The lowest BCUT2D eigenvalue weighted by atomic mass is 10.2. The van der Waals surface area contributed by atoms with Gasteiger partial charge in [-0.3, -0.25) is 0 Å². The molecule has 146 valence electrons. The number of benzene rings is 1. The van der Waals surface area contributed by atoms with Crippen molar-refractivity contribution in [2.45, 2.75) is 12.7 Å². The Labute approximate surface area is 163 Å². The monoisotopic (exact) mass is 399 g/mol. The molecule has 0 amide bonds. The van der Waals surface area contributed by atoms with Gasteiger partial charge in [-0.05, 0) is 12.5 Å². The van der Waals surface area contributed by atoms with Gasteiger partial charge in [0.15, 0.2) is 5.82 Å². The zero-order valence-electron chi connectivity index (χ0n) is 15.5. The van der Waals surface area contributed by atoms with Gasteiger partial charge in [-0.1, -0.05) is 29.8 Å². The van der Waals surface area contributed by atoms with Gasteiger partial charge in [-0.2, -0.15) is 9.40 Å². The van der Waals surface area contributed by atoms with E-state index in [1.807, 2.05) is 37.3 Å². The molecule has 10 heteroatoms. The first-order valence-electron chi connectivity index (χ1n) is 8.97. The molecule has 1 aromatic carbocycles. The Hall–Kier alpha value is -2.85. The molecule has 2 aromatic heterocycles. The number of piperazine rings is 1. The molecule has 0 unspecified atom stereocenters. The Morgan fingerprint density at radius 1 is 1.00 bits per heavy atom. The van der Waals surface area contributed by atoms with Crippen LogP contribution < -0.4 is 4.90 Å². The fourth-order valence-corrected chi connectivity index (χ4v) is 4.76. The van der Waals surface area contributed by atoms with Gasteiger partial charge in [0.05, 0.1) is 5.75 Å². The lowest BCUT2D eigenvalue weighted by molar-refractivity contribution is 0.383. The minimum Gasteiger partial charge on any atom is -0.354 e. The molecule has 1 fully saturated rings. The lowest BCUT2D eigenvalue weighted by Gasteiger charge is -2.34. The fourth-order valence-electron chi connectivity index (χ4n) is 3.26. The third-order valence-electron chi connectivity index (χ3n) is 4.68. The number of rotatable bonds is 5. The van der Waals surface area contributed by atoms with Crippen molar-refractivity contribution in [3.05, 3.63) is 60.4 Å². The molecule has 4 rings (SSSR count). The Balaban J connectivity index is 1.42. The maximum Gasteiger partial charge on any atom is 0.218 e. The van der Waals surface area contributed by atoms with Crippen LogP contribution in [0.3, 0.4) is 0 Å². The standard InChI is InChI=1S/C18H21N7O2S/c1-15-3-2-4-16(9-15)11-28(26,27)24-7-5-23(6-8-24)17-10-18(21-13-20-17)25-14-19-12-22-25/h2-4,9-10,12-14H,5-8,11H2,1H3. The van der Waals surface area contributed by atoms with Gasteiger partial charge in [0.1, 0.15) is 24.8 Å². The molecule has 1 saturated heterocycles. The molecule has 0 bridgehead atoms. The van der Waals surface area contributed by atoms with Crippen LogP contribution in [0.1, 0.15) is 11.1 Å². The first kappa shape index (κ1) is 18.5. The molecule has 0 atom stereocenters. The van der Waals surface area contributed by atoms with Crippen LogP contribution in [0.15, 0.2) is 49.3 Å². The van der Waals surface area contributed by atoms with Crippen LogP contribution in [0.4, 0.5) is 5.82 Å². The highest BCUT2D eigenvalue weighted by Gasteiger charge is 2.27. The summed E-state index contributed by atoms with van der Waals surface area (Å²) < 4.78 is 28.7. The van der Waals surface area contributed by atoms with E-state index >= 15 is 0 Å². The van der Waals surface area contributed by atoms with E-state index in [9.17, 15) is 8.42 Å². The van der Waals surface area contributed by atoms with Crippen LogP contribution in [-0.2, 0) is 15.8 Å². The Morgan fingerprint density at radius 3 is 2.50 bits per heavy atom. The largest absolute Gasteiger partial charge is 0.354 e. The Bertz CT molecular complexity index is 1050. The highest BCUT2D eigenvalue weighted by atomic mass is 32.2. The first-order valence-corrected chi connectivity index (χ1v) is 10.6. The van der Waals surface area contributed by atoms with Crippen LogP contribution >= 0.6 is 0 Å². The third-order valence-corrected chi connectivity index (χ3v) is 6.53. The SMILES string of the molecule is Cc1cccc(CS(=O)(=O)N2CCN(c3cc(-n4cncn4)ncn3)CC2)c1. The van der Waals surface area contributed by atoms with Crippen molar-refractivity contribution in [2.75, 3.05) is 31.1 Å². The lowest BCUT2D eigenvalue weighted by Crippen LogP contribution is -2.49. The van der Waals surface area contributed by atoms with E-state index in [1.165, 1.54) is 12.7 Å². The Kier molecular flexibility index (Phi) is 5.05. The molecule has 1 aliphatic rings. The molecule has 1 aliphatic heterocycles. The molecular weight excluding hydrogens is 378 g/mol. The molecular formula is C18H21N7O2S. The number of nitrogens with zero attached hydrogens (tertiary/aromatic N) is 7. The second kappa shape index (κ2) is 7.64. The van der Waals surface area contributed by atoms with Crippen LogP contribution in [0.5, 0.6) is 0 Å². The van der Waals surface area contributed by atoms with Gasteiger partial charge < -0.3 is 4.90 Å². The summed E-state index contributed by atoms with van der Waals surface area (Å²) in [6.45, 7) is 3.96. The number of sulfonamides is 1. The summed E-state index contributed by atoms with van der Waals surface area (Å²) in [6.07, 6.45) is 4.49. The molecule has 3 heterocycles. The average molecular weight is 399 g/mol. The van der Waals surface area contributed by atoms with E-state index < -0.39 is 10.0 Å². The molecule has 9 nitrogen and oxygen atoms in total. The summed E-state index contributed by atoms with van der Waals surface area (Å²) in [5, 5.41) is 4.07. The van der Waals surface area contributed by atoms with Crippen molar-refractivity contribution >= 4 is 15.8 Å². The van der Waals surface area contributed by atoms with Gasteiger partial charge >= 0.3 is 0 Å². The Morgan fingerprint density at radius 2 is 1.79 bits per heavy atom. The summed E-state index contributed by atoms with van der Waals surface area (Å²) in [5.74, 6) is 1.40. The van der Waals surface area contributed by atoms with E-state index in [0.717, 1.165) is 16.9 Å². The molecule has 0 radical (unpaired) electrons. The summed E-state index contributed by atoms with van der Waals surface area (Å²) in [5.41, 5.74) is 1.88. The molecule has 0 saturated carbocycles. The molecule has 0 spiro atoms. The zero-order valence-corrected chi connectivity index (χ0v) is 16.3. The van der Waals surface area contributed by atoms with Gasteiger partial charge in [0.2, 0.25) is 10.0 Å². The van der Waals surface area contributed by atoms with E-state index in [0.29, 0.717) is 32.0 Å².